The lowest BCUT2D eigenvalue weighted by Gasteiger charge is -2.40. The van der Waals surface area contributed by atoms with Crippen molar-refractivity contribution in [2.45, 2.75) is 44.6 Å². The number of likely N-dealkylation sites (N-methyl/N-ethyl adjacent to an activating group) is 3. The standard InChI is InChI=1S/C16H36N5O2P.C12H28N3O3P.C8H20NO4P.6CH4/c1-17-24(4,18(2)5-7-20-9-13-22-14-10-20)19(3)6-8-21-11-15-23-16-12-21;1-13-19(4,18-12-11-16-3)14(2)5-6-15-7-9-17-10-8-15;1-9-14(4,12-7-5-10-2)13-8-6-11-3;;;;;;/h5-16H2,1-4H3;5-12H2,1-4H3;5-8H2,1-4H3;6*1H4. The summed E-state index contributed by atoms with van der Waals surface area (Å²) >= 11 is 0. The Labute approximate surface area is 392 Å². The third kappa shape index (κ3) is 31.7. The predicted molar refractivity (Wildman–Crippen MR) is 277 cm³/mol. The van der Waals surface area contributed by atoms with Crippen LogP contribution in [0.25, 0.3) is 0 Å². The average molecular weight is 976 g/mol. The van der Waals surface area contributed by atoms with Gasteiger partial charge in [-0.1, -0.05) is 44.6 Å². The van der Waals surface area contributed by atoms with Crippen LogP contribution in [0.2, 0.25) is 0 Å². The van der Waals surface area contributed by atoms with Crippen LogP contribution in [0, 0.1) is 0 Å². The van der Waals surface area contributed by atoms with Crippen molar-refractivity contribution in [3.8, 4) is 0 Å². The van der Waals surface area contributed by atoms with Crippen LogP contribution in [-0.2, 0) is 42.0 Å². The molecule has 0 aromatic heterocycles. The Morgan fingerprint density at radius 2 is 0.746 bits per heavy atom. The zero-order valence-corrected chi connectivity index (χ0v) is 40.7. The fourth-order valence-electron chi connectivity index (χ4n) is 5.80. The molecule has 3 aliphatic rings. The van der Waals surface area contributed by atoms with E-state index in [0.717, 1.165) is 118 Å². The summed E-state index contributed by atoms with van der Waals surface area (Å²) in [4.78, 5) is 7.41. The topological polar surface area (TPSA) is 140 Å². The Balaban J connectivity index is -0.000000191. The SMILES string of the molecule is C.C.C.C.C.C.CN=P(C)(N(C)CCN1CCOCC1)N(C)CCN1CCOCC1.CN=P(C)(OCCOC)N(C)CCN1CCOCC1.CN=P(C)(OCCOC)OCCOC. The fourth-order valence-corrected chi connectivity index (χ4v) is 10.5. The minimum Gasteiger partial charge on any atom is -0.382 e. The highest BCUT2D eigenvalue weighted by Gasteiger charge is 2.25. The van der Waals surface area contributed by atoms with Gasteiger partial charge >= 0.3 is 0 Å². The highest BCUT2D eigenvalue weighted by Crippen LogP contribution is 2.51. The first-order valence-corrected chi connectivity index (χ1v) is 26.4. The van der Waals surface area contributed by atoms with Gasteiger partial charge in [-0.2, -0.15) is 0 Å². The van der Waals surface area contributed by atoms with E-state index in [1.165, 1.54) is 0 Å². The number of morpholine rings is 3. The van der Waals surface area contributed by atoms with Crippen LogP contribution in [0.5, 0.6) is 0 Å². The zero-order chi connectivity index (χ0) is 42.4. The minimum absolute atomic E-state index is 0. The van der Waals surface area contributed by atoms with Crippen LogP contribution in [-0.4, -0.2) is 270 Å². The van der Waals surface area contributed by atoms with Gasteiger partial charge in [-0.3, -0.25) is 42.9 Å². The Kier molecular flexibility index (Phi) is 52.8. The second-order valence-corrected chi connectivity index (χ2v) is 23.1. The molecular weight excluding hydrogens is 867 g/mol. The zero-order valence-electron chi connectivity index (χ0n) is 38.0. The molecule has 3 fully saturated rings. The largest absolute Gasteiger partial charge is 0.382 e. The number of nitrogens with zero attached hydrogens (tertiary/aromatic N) is 9. The molecule has 1 atom stereocenters. The van der Waals surface area contributed by atoms with E-state index in [9.17, 15) is 0 Å². The van der Waals surface area contributed by atoms with Gasteiger partial charge in [-0.25, -0.2) is 0 Å². The summed E-state index contributed by atoms with van der Waals surface area (Å²) in [6.45, 7) is 27.4. The molecule has 0 spiro atoms. The van der Waals surface area contributed by atoms with E-state index in [2.05, 4.69) is 72.7 Å². The van der Waals surface area contributed by atoms with E-state index in [-0.39, 0.29) is 44.6 Å². The van der Waals surface area contributed by atoms with Crippen molar-refractivity contribution in [2.24, 2.45) is 14.2 Å². The molecular formula is C42H108N9O9P3. The van der Waals surface area contributed by atoms with Gasteiger partial charge in [0.1, 0.15) is 7.43 Å². The number of methoxy groups -OCH3 is 3. The van der Waals surface area contributed by atoms with Crippen LogP contribution in [0.3, 0.4) is 0 Å². The summed E-state index contributed by atoms with van der Waals surface area (Å²) in [5.74, 6) is 0. The number of hydrogen-bond donors (Lipinski definition) is 0. The molecule has 0 aliphatic carbocycles. The number of hydrogen-bond acceptors (Lipinski definition) is 15. The molecule has 0 saturated carbocycles. The van der Waals surface area contributed by atoms with Crippen LogP contribution in [0.1, 0.15) is 44.6 Å². The van der Waals surface area contributed by atoms with E-state index in [4.69, 9.17) is 46.7 Å². The fraction of sp³-hybridized carbons (Fsp3) is 1.00. The number of ether oxygens (including phenoxy) is 6. The minimum atomic E-state index is -2.04. The van der Waals surface area contributed by atoms with Gasteiger partial charge in [0, 0.05) is 134 Å². The van der Waals surface area contributed by atoms with Gasteiger partial charge in [0.2, 0.25) is 7.51 Å². The summed E-state index contributed by atoms with van der Waals surface area (Å²) in [6, 6.07) is 0. The lowest BCUT2D eigenvalue weighted by molar-refractivity contribution is 0.0359. The van der Waals surface area contributed by atoms with E-state index in [0.29, 0.717) is 39.6 Å². The molecule has 390 valence electrons. The van der Waals surface area contributed by atoms with Crippen molar-refractivity contribution >= 4 is 22.3 Å². The van der Waals surface area contributed by atoms with Gasteiger partial charge in [-0.05, 0) is 27.8 Å². The Morgan fingerprint density at radius 3 is 1.02 bits per heavy atom. The van der Waals surface area contributed by atoms with Gasteiger partial charge in [0.05, 0.1) is 86.6 Å². The summed E-state index contributed by atoms with van der Waals surface area (Å²) in [5, 5.41) is 0. The van der Waals surface area contributed by atoms with E-state index in [1.54, 1.807) is 28.4 Å². The van der Waals surface area contributed by atoms with Crippen LogP contribution in [0.4, 0.5) is 0 Å². The highest BCUT2D eigenvalue weighted by molar-refractivity contribution is 7.60. The highest BCUT2D eigenvalue weighted by atomic mass is 31.2. The first-order chi connectivity index (χ1) is 27.4. The van der Waals surface area contributed by atoms with Crippen molar-refractivity contribution in [3.63, 3.8) is 0 Å². The predicted octanol–water partition coefficient (Wildman–Crippen LogP) is 7.43. The lowest BCUT2D eigenvalue weighted by Crippen LogP contribution is -2.42. The van der Waals surface area contributed by atoms with Crippen molar-refractivity contribution in [3.05, 3.63) is 0 Å². The molecule has 3 heterocycles. The van der Waals surface area contributed by atoms with E-state index >= 15 is 0 Å². The monoisotopic (exact) mass is 976 g/mol. The molecule has 21 heteroatoms. The molecule has 0 N–H and O–H groups in total. The number of rotatable bonds is 24. The van der Waals surface area contributed by atoms with Gasteiger partial charge in [0.25, 0.3) is 0 Å². The first-order valence-electron chi connectivity index (χ1n) is 20.3. The third-order valence-electron chi connectivity index (χ3n) is 10.4. The van der Waals surface area contributed by atoms with Gasteiger partial charge in [-0.15, -0.1) is 0 Å². The molecule has 0 radical (unpaired) electrons. The second kappa shape index (κ2) is 44.6. The molecule has 3 aliphatic heterocycles. The third-order valence-corrected chi connectivity index (χ3v) is 19.1. The molecule has 1 unspecified atom stereocenters. The Hall–Kier alpha value is 0.0900. The van der Waals surface area contributed by atoms with Crippen molar-refractivity contribution in [1.82, 2.24) is 28.7 Å². The normalized spacial score (nSPS) is 17.0. The molecule has 3 saturated heterocycles. The first kappa shape index (κ1) is 74.6. The second-order valence-electron chi connectivity index (χ2n) is 14.1. The van der Waals surface area contributed by atoms with Gasteiger partial charge in [0.15, 0.2) is 0 Å². The van der Waals surface area contributed by atoms with Crippen molar-refractivity contribution in [2.75, 3.05) is 241 Å². The van der Waals surface area contributed by atoms with Gasteiger partial charge < -0.3 is 42.0 Å². The van der Waals surface area contributed by atoms with Crippen molar-refractivity contribution < 1.29 is 42.0 Å². The molecule has 0 bridgehead atoms. The maximum atomic E-state index is 5.92. The summed E-state index contributed by atoms with van der Waals surface area (Å²) < 4.78 is 68.6. The van der Waals surface area contributed by atoms with Crippen LogP contribution < -0.4 is 0 Å². The average Bonchev–Trinajstić information content (AvgIpc) is 3.25. The summed E-state index contributed by atoms with van der Waals surface area (Å²) in [6.07, 6.45) is 0. The Morgan fingerprint density at radius 1 is 0.444 bits per heavy atom. The molecule has 63 heavy (non-hydrogen) atoms. The summed E-state index contributed by atoms with van der Waals surface area (Å²) in [7, 11) is 11.6. The Bertz CT molecular complexity index is 1120. The maximum Gasteiger partial charge on any atom is 0.209 e. The molecule has 0 aromatic rings. The smallest absolute Gasteiger partial charge is 0.209 e. The summed E-state index contributed by atoms with van der Waals surface area (Å²) in [5.41, 5.74) is 0. The molecule has 0 amide bonds. The molecule has 18 nitrogen and oxygen atoms in total. The van der Waals surface area contributed by atoms with Crippen LogP contribution >= 0.6 is 22.3 Å². The van der Waals surface area contributed by atoms with E-state index < -0.39 is 22.3 Å². The lowest BCUT2D eigenvalue weighted by atomic mass is 10.4. The quantitative estimate of drug-likeness (QED) is 0.0700. The van der Waals surface area contributed by atoms with Crippen molar-refractivity contribution in [1.29, 1.82) is 0 Å². The molecule has 0 aromatic carbocycles. The molecule has 3 rings (SSSR count). The van der Waals surface area contributed by atoms with E-state index in [1.807, 2.05) is 20.8 Å². The maximum absolute atomic E-state index is 5.92. The van der Waals surface area contributed by atoms with Crippen LogP contribution in [0.15, 0.2) is 14.2 Å².